The van der Waals surface area contributed by atoms with Crippen molar-refractivity contribution in [3.63, 3.8) is 0 Å². The van der Waals surface area contributed by atoms with Crippen molar-refractivity contribution in [3.05, 3.63) is 88.3 Å². The van der Waals surface area contributed by atoms with Gasteiger partial charge in [-0.25, -0.2) is 9.37 Å². The third kappa shape index (κ3) is 3.45. The first-order valence-electron chi connectivity index (χ1n) is 8.10. The molecule has 1 amide bonds. The number of rotatable bonds is 5. The Balaban J connectivity index is 2.01. The molecule has 0 fully saturated rings. The van der Waals surface area contributed by atoms with Gasteiger partial charge in [0.15, 0.2) is 0 Å². The van der Waals surface area contributed by atoms with Gasteiger partial charge in [-0.1, -0.05) is 24.3 Å². The van der Waals surface area contributed by atoms with Gasteiger partial charge in [0.2, 0.25) is 0 Å². The summed E-state index contributed by atoms with van der Waals surface area (Å²) in [5, 5.41) is 0. The number of nitrogens with one attached hydrogen (secondary N) is 1. The van der Waals surface area contributed by atoms with Crippen LogP contribution in [0.5, 0.6) is 0 Å². The minimum atomic E-state index is -0.760. The predicted octanol–water partition coefficient (Wildman–Crippen LogP) is 3.64. The molecule has 128 valence electrons. The topological polar surface area (TPSA) is 71.8 Å². The van der Waals surface area contributed by atoms with E-state index in [-0.39, 0.29) is 11.5 Å². The van der Waals surface area contributed by atoms with Crippen molar-refractivity contribution in [2.24, 2.45) is 5.73 Å². The highest BCUT2D eigenvalue weighted by Gasteiger charge is 2.20. The second kappa shape index (κ2) is 6.89. The van der Waals surface area contributed by atoms with Gasteiger partial charge < -0.3 is 10.7 Å². The van der Waals surface area contributed by atoms with Crippen molar-refractivity contribution in [1.82, 2.24) is 9.97 Å². The number of benzene rings is 2. The average Bonchev–Trinajstić information content (AvgIpc) is 3.09. The first-order valence-corrected chi connectivity index (χ1v) is 8.10. The van der Waals surface area contributed by atoms with Crippen molar-refractivity contribution >= 4 is 5.91 Å². The fraction of sp³-hybridized carbons (Fsp3) is 0.200. The molecule has 3 N–H and O–H groups in total. The molecule has 1 unspecified atom stereocenters. The second-order valence-corrected chi connectivity index (χ2v) is 6.23. The number of hydrogen-bond acceptors (Lipinski definition) is 2. The molecule has 0 bridgehead atoms. The van der Waals surface area contributed by atoms with Gasteiger partial charge in [0, 0.05) is 17.8 Å². The van der Waals surface area contributed by atoms with Crippen LogP contribution in [0.3, 0.4) is 0 Å². The number of H-pyrrole nitrogens is 1. The predicted molar refractivity (Wildman–Crippen MR) is 95.0 cm³/mol. The molecule has 0 aliphatic rings. The summed E-state index contributed by atoms with van der Waals surface area (Å²) in [5.74, 6) is -1.33. The summed E-state index contributed by atoms with van der Waals surface area (Å²) >= 11 is 0. The zero-order chi connectivity index (χ0) is 18.0. The molecule has 3 aromatic rings. The van der Waals surface area contributed by atoms with Crippen LogP contribution in [-0.4, -0.2) is 15.9 Å². The van der Waals surface area contributed by atoms with Crippen molar-refractivity contribution in [3.8, 4) is 0 Å². The Kier molecular flexibility index (Phi) is 4.65. The normalized spacial score (nSPS) is 12.1. The van der Waals surface area contributed by atoms with Crippen LogP contribution in [-0.2, 0) is 6.42 Å². The van der Waals surface area contributed by atoms with Gasteiger partial charge in [0.05, 0.1) is 11.9 Å². The minimum Gasteiger partial charge on any atom is -0.366 e. The zero-order valence-corrected chi connectivity index (χ0v) is 14.2. The molecule has 0 saturated heterocycles. The summed E-state index contributed by atoms with van der Waals surface area (Å²) in [6.07, 6.45) is 4.02. The maximum atomic E-state index is 14.1. The van der Waals surface area contributed by atoms with Gasteiger partial charge in [0.25, 0.3) is 5.91 Å². The van der Waals surface area contributed by atoms with Crippen LogP contribution in [0.25, 0.3) is 0 Å². The SMILES string of the molecule is Cc1cccc(C(Cc2ccc(C(N)=O)c(F)c2)c2cnc[nH]2)c1C. The van der Waals surface area contributed by atoms with Crippen molar-refractivity contribution in [1.29, 1.82) is 0 Å². The molecule has 1 atom stereocenters. The van der Waals surface area contributed by atoms with E-state index in [1.54, 1.807) is 18.6 Å². The van der Waals surface area contributed by atoms with E-state index in [4.69, 9.17) is 5.73 Å². The fourth-order valence-corrected chi connectivity index (χ4v) is 3.12. The van der Waals surface area contributed by atoms with Gasteiger partial charge >= 0.3 is 0 Å². The van der Waals surface area contributed by atoms with Crippen LogP contribution in [0.4, 0.5) is 4.39 Å². The third-order valence-electron chi connectivity index (χ3n) is 4.66. The molecule has 0 spiro atoms. The Morgan fingerprint density at radius 3 is 2.72 bits per heavy atom. The number of aromatic nitrogens is 2. The van der Waals surface area contributed by atoms with Gasteiger partial charge in [-0.2, -0.15) is 0 Å². The van der Waals surface area contributed by atoms with Crippen molar-refractivity contribution < 1.29 is 9.18 Å². The smallest absolute Gasteiger partial charge is 0.251 e. The van der Waals surface area contributed by atoms with E-state index >= 15 is 0 Å². The van der Waals surface area contributed by atoms with Crippen LogP contribution in [0.1, 0.15) is 44.2 Å². The van der Waals surface area contributed by atoms with E-state index < -0.39 is 11.7 Å². The van der Waals surface area contributed by atoms with E-state index in [1.807, 2.05) is 6.07 Å². The first kappa shape index (κ1) is 16.9. The number of imidazole rings is 1. The van der Waals surface area contributed by atoms with Crippen LogP contribution < -0.4 is 5.73 Å². The van der Waals surface area contributed by atoms with Crippen LogP contribution in [0, 0.1) is 19.7 Å². The van der Waals surface area contributed by atoms with Gasteiger partial charge in [-0.3, -0.25) is 4.79 Å². The van der Waals surface area contributed by atoms with Gasteiger partial charge in [-0.05, 0) is 54.7 Å². The summed E-state index contributed by atoms with van der Waals surface area (Å²) in [6.45, 7) is 4.16. The molecule has 5 heteroatoms. The van der Waals surface area contributed by atoms with E-state index in [2.05, 4.69) is 35.9 Å². The largest absolute Gasteiger partial charge is 0.366 e. The van der Waals surface area contributed by atoms with Crippen molar-refractivity contribution in [2.75, 3.05) is 0 Å². The zero-order valence-electron chi connectivity index (χ0n) is 14.2. The number of primary amides is 1. The summed E-state index contributed by atoms with van der Waals surface area (Å²) in [7, 11) is 0. The van der Waals surface area contributed by atoms with Crippen LogP contribution in [0.2, 0.25) is 0 Å². The Morgan fingerprint density at radius 2 is 2.08 bits per heavy atom. The molecule has 4 nitrogen and oxygen atoms in total. The number of hydrogen-bond donors (Lipinski definition) is 2. The Morgan fingerprint density at radius 1 is 1.28 bits per heavy atom. The average molecular weight is 337 g/mol. The molecular weight excluding hydrogens is 317 g/mol. The minimum absolute atomic E-state index is 0.0150. The maximum Gasteiger partial charge on any atom is 0.251 e. The molecule has 1 heterocycles. The second-order valence-electron chi connectivity index (χ2n) is 6.23. The first-order chi connectivity index (χ1) is 12.0. The number of amides is 1. The summed E-state index contributed by atoms with van der Waals surface area (Å²) < 4.78 is 14.1. The van der Waals surface area contributed by atoms with Crippen molar-refractivity contribution in [2.45, 2.75) is 26.2 Å². The number of halogens is 1. The van der Waals surface area contributed by atoms with E-state index in [0.717, 1.165) is 11.3 Å². The molecule has 0 radical (unpaired) electrons. The van der Waals surface area contributed by atoms with E-state index in [0.29, 0.717) is 6.42 Å². The molecule has 3 rings (SSSR count). The number of carbonyl (C=O) groups is 1. The number of aryl methyl sites for hydroxylation is 1. The quantitative estimate of drug-likeness (QED) is 0.746. The highest BCUT2D eigenvalue weighted by Crippen LogP contribution is 2.31. The monoisotopic (exact) mass is 337 g/mol. The molecule has 2 aromatic carbocycles. The number of carbonyl (C=O) groups excluding carboxylic acids is 1. The number of nitrogens with two attached hydrogens (primary N) is 1. The summed E-state index contributed by atoms with van der Waals surface area (Å²) in [6, 6.07) is 10.8. The summed E-state index contributed by atoms with van der Waals surface area (Å²) in [5.41, 5.74) is 10.4. The highest BCUT2D eigenvalue weighted by molar-refractivity contribution is 5.93. The Hall–Kier alpha value is -2.95. The maximum absolute atomic E-state index is 14.1. The van der Waals surface area contributed by atoms with Gasteiger partial charge in [0.1, 0.15) is 5.82 Å². The summed E-state index contributed by atoms with van der Waals surface area (Å²) in [4.78, 5) is 18.5. The van der Waals surface area contributed by atoms with Gasteiger partial charge in [-0.15, -0.1) is 0 Å². The standard InChI is InChI=1S/C20H20FN3O/c1-12-4-3-5-15(13(12)2)17(19-10-23-11-24-19)8-14-6-7-16(20(22)25)18(21)9-14/h3-7,9-11,17H,8H2,1-2H3,(H2,22,25)(H,23,24). The highest BCUT2D eigenvalue weighted by atomic mass is 19.1. The Labute approximate surface area is 145 Å². The van der Waals surface area contributed by atoms with Crippen LogP contribution in [0.15, 0.2) is 48.9 Å². The van der Waals surface area contributed by atoms with E-state index in [1.165, 1.54) is 28.8 Å². The number of aromatic amines is 1. The molecule has 25 heavy (non-hydrogen) atoms. The van der Waals surface area contributed by atoms with Crippen LogP contribution >= 0.6 is 0 Å². The lowest BCUT2D eigenvalue weighted by atomic mass is 9.85. The lowest BCUT2D eigenvalue weighted by Crippen LogP contribution is -2.14. The fourth-order valence-electron chi connectivity index (χ4n) is 3.12. The van der Waals surface area contributed by atoms with E-state index in [9.17, 15) is 9.18 Å². The lowest BCUT2D eigenvalue weighted by molar-refractivity contribution is 0.0996. The number of nitrogens with zero attached hydrogens (tertiary/aromatic N) is 1. The molecule has 0 aliphatic heterocycles. The molecule has 0 aliphatic carbocycles. The molecule has 1 aromatic heterocycles. The third-order valence-corrected chi connectivity index (χ3v) is 4.66. The Bertz CT molecular complexity index is 903. The molecule has 0 saturated carbocycles. The lowest BCUT2D eigenvalue weighted by Gasteiger charge is -2.20. The molecular formula is C20H20FN3O.